The Morgan fingerprint density at radius 1 is 1.32 bits per heavy atom. The van der Waals surface area contributed by atoms with E-state index in [1.807, 2.05) is 18.2 Å². The van der Waals surface area contributed by atoms with Gasteiger partial charge in [-0.3, -0.25) is 0 Å². The van der Waals surface area contributed by atoms with Crippen molar-refractivity contribution in [1.29, 1.82) is 0 Å². The zero-order chi connectivity index (χ0) is 13.4. The molecule has 0 radical (unpaired) electrons. The number of rotatable bonds is 2. The van der Waals surface area contributed by atoms with Crippen LogP contribution in [0.3, 0.4) is 0 Å². The zero-order valence-electron chi connectivity index (χ0n) is 10.2. The number of hydrogen-bond acceptors (Lipinski definition) is 2. The molecule has 0 fully saturated rings. The number of ether oxygens (including phenoxy) is 1. The van der Waals surface area contributed by atoms with Gasteiger partial charge in [-0.25, -0.2) is 4.39 Å². The van der Waals surface area contributed by atoms with E-state index in [1.54, 1.807) is 12.1 Å². The molecule has 3 rings (SSSR count). The number of para-hydroxylation sites is 1. The largest absolute Gasteiger partial charge is 0.488 e. The first-order valence-electron chi connectivity index (χ1n) is 6.13. The first-order valence-corrected chi connectivity index (χ1v) is 6.51. The van der Waals surface area contributed by atoms with Gasteiger partial charge in [0.25, 0.3) is 0 Å². The Bertz CT molecular complexity index is 630. The predicted octanol–water partition coefficient (Wildman–Crippen LogP) is 3.41. The lowest BCUT2D eigenvalue weighted by atomic mass is 10.0. The van der Waals surface area contributed by atoms with Crippen LogP contribution in [0.25, 0.3) is 11.1 Å². The fourth-order valence-corrected chi connectivity index (χ4v) is 2.54. The van der Waals surface area contributed by atoms with Crippen molar-refractivity contribution in [1.82, 2.24) is 0 Å². The van der Waals surface area contributed by atoms with E-state index in [0.717, 1.165) is 28.9 Å². The van der Waals surface area contributed by atoms with Crippen LogP contribution in [0.5, 0.6) is 5.75 Å². The molecule has 0 aliphatic carbocycles. The fourth-order valence-electron chi connectivity index (χ4n) is 2.36. The Balaban J connectivity index is 2.07. The Morgan fingerprint density at radius 2 is 2.16 bits per heavy atom. The average Bonchev–Trinajstić information content (AvgIpc) is 2.85. The van der Waals surface area contributed by atoms with Gasteiger partial charge in [0.05, 0.1) is 5.02 Å². The number of hydrogen-bond donors (Lipinski definition) is 1. The highest BCUT2D eigenvalue weighted by molar-refractivity contribution is 6.31. The molecular weight excluding hydrogens is 265 g/mol. The van der Waals surface area contributed by atoms with E-state index in [9.17, 15) is 4.39 Å². The van der Waals surface area contributed by atoms with Gasteiger partial charge in [0.1, 0.15) is 17.7 Å². The van der Waals surface area contributed by atoms with Gasteiger partial charge >= 0.3 is 0 Å². The molecule has 2 nitrogen and oxygen atoms in total. The summed E-state index contributed by atoms with van der Waals surface area (Å²) in [4.78, 5) is 0. The molecule has 19 heavy (non-hydrogen) atoms. The monoisotopic (exact) mass is 277 g/mol. The highest BCUT2D eigenvalue weighted by Crippen LogP contribution is 2.39. The third-order valence-electron chi connectivity index (χ3n) is 3.32. The molecule has 0 bridgehead atoms. The van der Waals surface area contributed by atoms with Crippen molar-refractivity contribution in [3.05, 3.63) is 52.8 Å². The first kappa shape index (κ1) is 12.5. The van der Waals surface area contributed by atoms with Gasteiger partial charge in [-0.2, -0.15) is 0 Å². The summed E-state index contributed by atoms with van der Waals surface area (Å²) in [5, 5.41) is 0.114. The van der Waals surface area contributed by atoms with Crippen molar-refractivity contribution in [2.24, 2.45) is 5.73 Å². The summed E-state index contributed by atoms with van der Waals surface area (Å²) in [7, 11) is 0. The molecule has 0 saturated carbocycles. The summed E-state index contributed by atoms with van der Waals surface area (Å²) in [6.07, 6.45) is 0.835. The van der Waals surface area contributed by atoms with Gasteiger partial charge < -0.3 is 10.5 Å². The van der Waals surface area contributed by atoms with Gasteiger partial charge in [0.15, 0.2) is 0 Å². The second kappa shape index (κ2) is 4.83. The molecule has 1 unspecified atom stereocenters. The number of fused-ring (bicyclic) bond motifs is 1. The van der Waals surface area contributed by atoms with Crippen LogP contribution in [-0.4, -0.2) is 12.6 Å². The van der Waals surface area contributed by atoms with Gasteiger partial charge in [0.2, 0.25) is 0 Å². The van der Waals surface area contributed by atoms with Crippen LogP contribution in [0.4, 0.5) is 4.39 Å². The van der Waals surface area contributed by atoms with Gasteiger partial charge in [-0.05, 0) is 23.3 Å². The van der Waals surface area contributed by atoms with Gasteiger partial charge in [0, 0.05) is 18.5 Å². The summed E-state index contributed by atoms with van der Waals surface area (Å²) in [5.41, 5.74) is 8.56. The quantitative estimate of drug-likeness (QED) is 0.913. The summed E-state index contributed by atoms with van der Waals surface area (Å²) in [6.45, 7) is 0.484. The van der Waals surface area contributed by atoms with E-state index in [4.69, 9.17) is 22.1 Å². The molecule has 98 valence electrons. The maximum atomic E-state index is 13.2. The van der Waals surface area contributed by atoms with Crippen molar-refractivity contribution in [3.63, 3.8) is 0 Å². The molecular formula is C15H13ClFNO. The molecule has 0 aromatic heterocycles. The van der Waals surface area contributed by atoms with Crippen molar-refractivity contribution < 1.29 is 9.13 Å². The normalized spacial score (nSPS) is 17.1. The minimum Gasteiger partial charge on any atom is -0.488 e. The van der Waals surface area contributed by atoms with Crippen LogP contribution in [0.15, 0.2) is 36.4 Å². The summed E-state index contributed by atoms with van der Waals surface area (Å²) in [6, 6.07) is 10.6. The molecule has 2 aromatic rings. The molecule has 1 aliphatic rings. The Morgan fingerprint density at radius 3 is 2.89 bits per heavy atom. The third-order valence-corrected chi connectivity index (χ3v) is 3.61. The predicted molar refractivity (Wildman–Crippen MR) is 74.0 cm³/mol. The summed E-state index contributed by atoms with van der Waals surface area (Å²) < 4.78 is 19.1. The van der Waals surface area contributed by atoms with Crippen LogP contribution < -0.4 is 10.5 Å². The maximum absolute atomic E-state index is 13.2. The standard InChI is InChI=1S/C15H13ClFNO/c16-13-7-9(4-5-14(13)17)12-3-1-2-10-6-11(8-18)19-15(10)12/h1-5,7,11H,6,8,18H2. The second-order valence-corrected chi connectivity index (χ2v) is 5.01. The number of nitrogens with two attached hydrogens (primary N) is 1. The van der Waals surface area contributed by atoms with E-state index in [0.29, 0.717) is 6.54 Å². The molecule has 1 heterocycles. The van der Waals surface area contributed by atoms with Crippen LogP contribution in [-0.2, 0) is 6.42 Å². The van der Waals surface area contributed by atoms with Crippen LogP contribution in [0, 0.1) is 5.82 Å². The lowest BCUT2D eigenvalue weighted by molar-refractivity contribution is 0.242. The van der Waals surface area contributed by atoms with E-state index in [-0.39, 0.29) is 11.1 Å². The average molecular weight is 278 g/mol. The number of benzene rings is 2. The molecule has 4 heteroatoms. The lowest BCUT2D eigenvalue weighted by Crippen LogP contribution is -2.24. The van der Waals surface area contributed by atoms with Gasteiger partial charge in [-0.15, -0.1) is 0 Å². The zero-order valence-corrected chi connectivity index (χ0v) is 11.0. The molecule has 0 saturated heterocycles. The van der Waals surface area contributed by atoms with Crippen molar-refractivity contribution >= 4 is 11.6 Å². The molecule has 0 amide bonds. The topological polar surface area (TPSA) is 35.2 Å². The second-order valence-electron chi connectivity index (χ2n) is 4.60. The molecule has 2 aromatic carbocycles. The third kappa shape index (κ3) is 2.20. The van der Waals surface area contributed by atoms with E-state index in [2.05, 4.69) is 0 Å². The van der Waals surface area contributed by atoms with E-state index < -0.39 is 5.82 Å². The first-order chi connectivity index (χ1) is 9.19. The van der Waals surface area contributed by atoms with Crippen molar-refractivity contribution in [3.8, 4) is 16.9 Å². The van der Waals surface area contributed by atoms with Gasteiger partial charge in [-0.1, -0.05) is 35.9 Å². The molecule has 1 atom stereocenters. The summed E-state index contributed by atoms with van der Waals surface area (Å²) in [5.74, 6) is 0.416. The Kier molecular flexibility index (Phi) is 3.17. The molecule has 2 N–H and O–H groups in total. The minimum absolute atomic E-state index is 0.0204. The Hall–Kier alpha value is -1.58. The number of halogens is 2. The molecule has 0 spiro atoms. The van der Waals surface area contributed by atoms with E-state index in [1.165, 1.54) is 6.07 Å². The maximum Gasteiger partial charge on any atom is 0.141 e. The highest BCUT2D eigenvalue weighted by atomic mass is 35.5. The Labute approximate surface area is 115 Å². The fraction of sp³-hybridized carbons (Fsp3) is 0.200. The van der Waals surface area contributed by atoms with E-state index >= 15 is 0 Å². The van der Waals surface area contributed by atoms with Crippen molar-refractivity contribution in [2.45, 2.75) is 12.5 Å². The molecule has 1 aliphatic heterocycles. The van der Waals surface area contributed by atoms with Crippen LogP contribution in [0.1, 0.15) is 5.56 Å². The lowest BCUT2D eigenvalue weighted by Gasteiger charge is -2.11. The van der Waals surface area contributed by atoms with Crippen LogP contribution >= 0.6 is 11.6 Å². The van der Waals surface area contributed by atoms with Crippen LogP contribution in [0.2, 0.25) is 5.02 Å². The summed E-state index contributed by atoms with van der Waals surface area (Å²) >= 11 is 5.83. The van der Waals surface area contributed by atoms with Crippen molar-refractivity contribution in [2.75, 3.05) is 6.54 Å². The SMILES string of the molecule is NCC1Cc2cccc(-c3ccc(F)c(Cl)c3)c2O1. The minimum atomic E-state index is -0.418. The smallest absolute Gasteiger partial charge is 0.141 e. The highest BCUT2D eigenvalue weighted by Gasteiger charge is 2.24.